The second kappa shape index (κ2) is 2.54. The minimum absolute atomic E-state index is 0.962. The molecule has 0 unspecified atom stereocenters. The SMILES string of the molecule is NCC(F)(F)C(N)(Cl)Cl. The molecule has 56 valence electrons. The molecule has 0 aromatic heterocycles. The van der Waals surface area contributed by atoms with E-state index in [1.807, 2.05) is 0 Å². The summed E-state index contributed by atoms with van der Waals surface area (Å²) in [5.41, 5.74) is 9.22. The fourth-order valence-electron chi connectivity index (χ4n) is 0.136. The molecule has 0 aliphatic carbocycles. The average Bonchev–Trinajstić information content (AvgIpc) is 1.64. The molecule has 0 heterocycles. The van der Waals surface area contributed by atoms with Crippen molar-refractivity contribution in [1.29, 1.82) is 0 Å². The van der Waals surface area contributed by atoms with Crippen molar-refractivity contribution in [3.63, 3.8) is 0 Å². The van der Waals surface area contributed by atoms with Gasteiger partial charge >= 0.3 is 5.92 Å². The number of hydrogen-bond acceptors (Lipinski definition) is 2. The van der Waals surface area contributed by atoms with E-state index < -0.39 is 16.9 Å². The van der Waals surface area contributed by atoms with Gasteiger partial charge in [0.05, 0.1) is 6.54 Å². The highest BCUT2D eigenvalue weighted by Gasteiger charge is 2.47. The Labute approximate surface area is 61.1 Å². The Bertz CT molecular complexity index is 100. The van der Waals surface area contributed by atoms with E-state index in [9.17, 15) is 8.78 Å². The molecule has 6 heteroatoms. The summed E-state index contributed by atoms with van der Waals surface area (Å²) in [5.74, 6) is -3.43. The summed E-state index contributed by atoms with van der Waals surface area (Å²) in [6.07, 6.45) is 0. The Morgan fingerprint density at radius 1 is 1.33 bits per heavy atom. The van der Waals surface area contributed by atoms with Gasteiger partial charge in [0.2, 0.25) is 4.46 Å². The molecule has 2 nitrogen and oxygen atoms in total. The van der Waals surface area contributed by atoms with Crippen LogP contribution in [0.3, 0.4) is 0 Å². The number of halogens is 4. The number of alkyl halides is 4. The molecule has 0 aliphatic heterocycles. The first-order valence-corrected chi connectivity index (χ1v) is 2.81. The molecule has 0 fully saturated rings. The van der Waals surface area contributed by atoms with Crippen LogP contribution in [-0.4, -0.2) is 16.9 Å². The highest BCUT2D eigenvalue weighted by Crippen LogP contribution is 2.32. The van der Waals surface area contributed by atoms with Crippen molar-refractivity contribution in [2.75, 3.05) is 6.54 Å². The van der Waals surface area contributed by atoms with Crippen molar-refractivity contribution in [3.05, 3.63) is 0 Å². The third-order valence-corrected chi connectivity index (χ3v) is 1.30. The Kier molecular flexibility index (Phi) is 2.64. The van der Waals surface area contributed by atoms with E-state index in [2.05, 4.69) is 11.5 Å². The first kappa shape index (κ1) is 9.36. The molecule has 0 atom stereocenters. The average molecular weight is 179 g/mol. The Hall–Kier alpha value is 0.360. The van der Waals surface area contributed by atoms with Crippen LogP contribution in [0.5, 0.6) is 0 Å². The van der Waals surface area contributed by atoms with Crippen LogP contribution in [0.15, 0.2) is 0 Å². The van der Waals surface area contributed by atoms with Crippen LogP contribution >= 0.6 is 23.2 Å². The predicted molar refractivity (Wildman–Crippen MR) is 32.6 cm³/mol. The van der Waals surface area contributed by atoms with Crippen LogP contribution in [0.2, 0.25) is 0 Å². The van der Waals surface area contributed by atoms with Gasteiger partial charge in [-0.3, -0.25) is 5.73 Å². The molecule has 0 saturated carbocycles. The van der Waals surface area contributed by atoms with E-state index in [4.69, 9.17) is 23.2 Å². The summed E-state index contributed by atoms with van der Waals surface area (Å²) in [6.45, 7) is -0.962. The second-order valence-electron chi connectivity index (χ2n) is 1.53. The maximum absolute atomic E-state index is 12.1. The highest BCUT2D eigenvalue weighted by molar-refractivity contribution is 6.48. The molecule has 0 saturated heterocycles. The van der Waals surface area contributed by atoms with E-state index >= 15 is 0 Å². The van der Waals surface area contributed by atoms with Gasteiger partial charge in [-0.1, -0.05) is 23.2 Å². The van der Waals surface area contributed by atoms with Gasteiger partial charge in [-0.25, -0.2) is 8.78 Å². The lowest BCUT2D eigenvalue weighted by Crippen LogP contribution is -2.50. The van der Waals surface area contributed by atoms with E-state index in [0.29, 0.717) is 0 Å². The van der Waals surface area contributed by atoms with Crippen LogP contribution in [0.1, 0.15) is 0 Å². The van der Waals surface area contributed by atoms with Gasteiger partial charge in [-0.15, -0.1) is 0 Å². The molecule has 0 bridgehead atoms. The van der Waals surface area contributed by atoms with Gasteiger partial charge in [0.15, 0.2) is 0 Å². The third kappa shape index (κ3) is 2.21. The lowest BCUT2D eigenvalue weighted by atomic mass is 10.3. The van der Waals surface area contributed by atoms with Crippen LogP contribution < -0.4 is 11.5 Å². The molecular weight excluding hydrogens is 173 g/mol. The van der Waals surface area contributed by atoms with Gasteiger partial charge in [0.1, 0.15) is 0 Å². The van der Waals surface area contributed by atoms with Crippen molar-refractivity contribution >= 4 is 23.2 Å². The molecule has 0 aromatic carbocycles. The zero-order valence-electron chi connectivity index (χ0n) is 4.37. The Balaban J connectivity index is 4.14. The normalized spacial score (nSPS) is 14.0. The van der Waals surface area contributed by atoms with E-state index in [1.165, 1.54) is 0 Å². The number of nitrogens with two attached hydrogens (primary N) is 2. The summed E-state index contributed by atoms with van der Waals surface area (Å²) >= 11 is 9.68. The molecule has 0 spiro atoms. The lowest BCUT2D eigenvalue weighted by molar-refractivity contribution is -0.00508. The van der Waals surface area contributed by atoms with E-state index in [0.717, 1.165) is 0 Å². The van der Waals surface area contributed by atoms with E-state index in [-0.39, 0.29) is 0 Å². The quantitative estimate of drug-likeness (QED) is 0.483. The van der Waals surface area contributed by atoms with Crippen molar-refractivity contribution in [2.45, 2.75) is 10.4 Å². The summed E-state index contributed by atoms with van der Waals surface area (Å²) < 4.78 is 21.7. The maximum atomic E-state index is 12.1. The minimum Gasteiger partial charge on any atom is -0.325 e. The summed E-state index contributed by atoms with van der Waals surface area (Å²) in [6, 6.07) is 0. The summed E-state index contributed by atoms with van der Waals surface area (Å²) in [7, 11) is 0. The van der Waals surface area contributed by atoms with Crippen molar-refractivity contribution < 1.29 is 8.78 Å². The largest absolute Gasteiger partial charge is 0.325 e. The first-order valence-electron chi connectivity index (χ1n) is 2.06. The monoisotopic (exact) mass is 178 g/mol. The van der Waals surface area contributed by atoms with Gasteiger partial charge < -0.3 is 5.73 Å². The highest BCUT2D eigenvalue weighted by atomic mass is 35.5. The Morgan fingerprint density at radius 3 is 1.67 bits per heavy atom. The second-order valence-corrected chi connectivity index (χ2v) is 2.92. The molecule has 0 rings (SSSR count). The molecule has 4 N–H and O–H groups in total. The van der Waals surface area contributed by atoms with Crippen molar-refractivity contribution in [1.82, 2.24) is 0 Å². The molecule has 0 radical (unpaired) electrons. The maximum Gasteiger partial charge on any atom is 0.305 e. The number of hydrogen-bond donors (Lipinski definition) is 2. The van der Waals surface area contributed by atoms with E-state index in [1.54, 1.807) is 0 Å². The molecule has 9 heavy (non-hydrogen) atoms. The van der Waals surface area contributed by atoms with Crippen LogP contribution in [0.4, 0.5) is 8.78 Å². The van der Waals surface area contributed by atoms with Crippen LogP contribution in [-0.2, 0) is 0 Å². The number of rotatable bonds is 2. The smallest absolute Gasteiger partial charge is 0.305 e. The standard InChI is InChI=1S/C3H6Cl2F2N2/c4-3(5,9)2(6,7)1-8/h1,8-9H2. The molecule has 0 aromatic rings. The van der Waals surface area contributed by atoms with Gasteiger partial charge in [0, 0.05) is 0 Å². The zero-order chi connectivity index (χ0) is 7.71. The van der Waals surface area contributed by atoms with Crippen LogP contribution in [0.25, 0.3) is 0 Å². The van der Waals surface area contributed by atoms with Gasteiger partial charge in [0.25, 0.3) is 0 Å². The zero-order valence-corrected chi connectivity index (χ0v) is 5.89. The summed E-state index contributed by atoms with van der Waals surface area (Å²) in [4.78, 5) is 0. The lowest BCUT2D eigenvalue weighted by Gasteiger charge is -2.23. The fourth-order valence-corrected chi connectivity index (χ4v) is 0.290. The van der Waals surface area contributed by atoms with Gasteiger partial charge in [-0.2, -0.15) is 0 Å². The molecular formula is C3H6Cl2F2N2. The van der Waals surface area contributed by atoms with Crippen LogP contribution in [0, 0.1) is 0 Å². The fraction of sp³-hybridized carbons (Fsp3) is 1.00. The van der Waals surface area contributed by atoms with Crippen molar-refractivity contribution in [2.24, 2.45) is 11.5 Å². The topological polar surface area (TPSA) is 52.0 Å². The minimum atomic E-state index is -3.43. The summed E-state index contributed by atoms with van der Waals surface area (Å²) in [5, 5.41) is 0. The molecule has 0 aliphatic rings. The van der Waals surface area contributed by atoms with Crippen molar-refractivity contribution in [3.8, 4) is 0 Å². The third-order valence-electron chi connectivity index (χ3n) is 0.744. The Morgan fingerprint density at radius 2 is 1.67 bits per heavy atom. The molecule has 0 amide bonds. The van der Waals surface area contributed by atoms with Gasteiger partial charge in [-0.05, 0) is 0 Å². The predicted octanol–water partition coefficient (Wildman–Crippen LogP) is 0.671. The first-order chi connectivity index (χ1) is 3.81.